The third-order valence-corrected chi connectivity index (χ3v) is 5.53. The summed E-state index contributed by atoms with van der Waals surface area (Å²) in [6.45, 7) is 6.09. The standard InChI is InChI=1S/C19H28FN3O/c1-14-16(11-17(20)12-18(14)21-2)13-22-7-9-23(10-8-22)19(24)15-5-3-4-6-15/h11-12,15,21H,3-10,13H2,1-2H3. The molecular weight excluding hydrogens is 305 g/mol. The molecule has 4 nitrogen and oxygen atoms in total. The summed E-state index contributed by atoms with van der Waals surface area (Å²) in [4.78, 5) is 16.8. The Hall–Kier alpha value is -1.62. The summed E-state index contributed by atoms with van der Waals surface area (Å²) in [7, 11) is 1.82. The van der Waals surface area contributed by atoms with Gasteiger partial charge in [0.2, 0.25) is 5.91 Å². The fourth-order valence-electron chi connectivity index (χ4n) is 3.96. The minimum atomic E-state index is -0.199. The lowest BCUT2D eigenvalue weighted by atomic mass is 10.0. The van der Waals surface area contributed by atoms with Crippen LogP contribution in [0, 0.1) is 18.7 Å². The van der Waals surface area contributed by atoms with E-state index in [0.717, 1.165) is 62.4 Å². The number of nitrogens with zero attached hydrogens (tertiary/aromatic N) is 2. The molecule has 0 unspecified atom stereocenters. The van der Waals surface area contributed by atoms with Crippen molar-refractivity contribution in [2.24, 2.45) is 5.92 Å². The van der Waals surface area contributed by atoms with E-state index in [2.05, 4.69) is 10.2 Å². The molecule has 1 N–H and O–H groups in total. The molecule has 0 radical (unpaired) electrons. The number of carbonyl (C=O) groups is 1. The third kappa shape index (κ3) is 3.72. The van der Waals surface area contributed by atoms with Crippen molar-refractivity contribution in [2.45, 2.75) is 39.2 Å². The smallest absolute Gasteiger partial charge is 0.225 e. The van der Waals surface area contributed by atoms with Crippen LogP contribution in [-0.2, 0) is 11.3 Å². The Morgan fingerprint density at radius 3 is 2.50 bits per heavy atom. The number of nitrogens with one attached hydrogen (secondary N) is 1. The fraction of sp³-hybridized carbons (Fsp3) is 0.632. The van der Waals surface area contributed by atoms with E-state index in [1.807, 2.05) is 18.9 Å². The van der Waals surface area contributed by atoms with Crippen molar-refractivity contribution in [3.8, 4) is 0 Å². The van der Waals surface area contributed by atoms with Crippen LogP contribution < -0.4 is 5.32 Å². The van der Waals surface area contributed by atoms with E-state index >= 15 is 0 Å². The summed E-state index contributed by atoms with van der Waals surface area (Å²) in [5.74, 6) is 0.418. The van der Waals surface area contributed by atoms with Gasteiger partial charge in [0, 0.05) is 51.4 Å². The van der Waals surface area contributed by atoms with Crippen molar-refractivity contribution < 1.29 is 9.18 Å². The Kier molecular flexibility index (Phi) is 5.39. The van der Waals surface area contributed by atoms with Crippen LogP contribution in [-0.4, -0.2) is 48.9 Å². The molecule has 0 atom stereocenters. The van der Waals surface area contributed by atoms with Crippen molar-refractivity contribution >= 4 is 11.6 Å². The van der Waals surface area contributed by atoms with E-state index < -0.39 is 0 Å². The monoisotopic (exact) mass is 333 g/mol. The molecule has 3 rings (SSSR count). The first-order valence-corrected chi connectivity index (χ1v) is 9.06. The minimum absolute atomic E-state index is 0.199. The molecule has 0 aromatic heterocycles. The van der Waals surface area contributed by atoms with Gasteiger partial charge >= 0.3 is 0 Å². The van der Waals surface area contributed by atoms with Gasteiger partial charge in [-0.25, -0.2) is 4.39 Å². The van der Waals surface area contributed by atoms with Crippen molar-refractivity contribution in [3.05, 3.63) is 29.1 Å². The first-order chi connectivity index (χ1) is 11.6. The number of hydrogen-bond acceptors (Lipinski definition) is 3. The Bertz CT molecular complexity index is 591. The highest BCUT2D eigenvalue weighted by molar-refractivity contribution is 5.79. The lowest BCUT2D eigenvalue weighted by Crippen LogP contribution is -2.49. The van der Waals surface area contributed by atoms with E-state index in [9.17, 15) is 9.18 Å². The van der Waals surface area contributed by atoms with Gasteiger partial charge in [-0.05, 0) is 43.0 Å². The maximum absolute atomic E-state index is 13.8. The second-order valence-electron chi connectivity index (χ2n) is 7.07. The van der Waals surface area contributed by atoms with Gasteiger partial charge in [0.1, 0.15) is 5.82 Å². The lowest BCUT2D eigenvalue weighted by Gasteiger charge is -2.36. The number of hydrogen-bond donors (Lipinski definition) is 1. The molecule has 1 amide bonds. The van der Waals surface area contributed by atoms with Crippen LogP contribution in [0.3, 0.4) is 0 Å². The van der Waals surface area contributed by atoms with Gasteiger partial charge in [0.25, 0.3) is 0 Å². The van der Waals surface area contributed by atoms with Gasteiger partial charge in [-0.15, -0.1) is 0 Å². The number of anilines is 1. The molecule has 132 valence electrons. The Balaban J connectivity index is 1.57. The van der Waals surface area contributed by atoms with E-state index in [-0.39, 0.29) is 11.7 Å². The molecule has 1 aliphatic carbocycles. The first-order valence-electron chi connectivity index (χ1n) is 9.06. The van der Waals surface area contributed by atoms with E-state index in [4.69, 9.17) is 0 Å². The van der Waals surface area contributed by atoms with Crippen molar-refractivity contribution in [3.63, 3.8) is 0 Å². The number of halogens is 1. The average Bonchev–Trinajstić information content (AvgIpc) is 3.12. The summed E-state index contributed by atoms with van der Waals surface area (Å²) in [6, 6.07) is 3.17. The number of amides is 1. The van der Waals surface area contributed by atoms with Gasteiger partial charge in [-0.1, -0.05) is 12.8 Å². The summed E-state index contributed by atoms with van der Waals surface area (Å²) >= 11 is 0. The van der Waals surface area contributed by atoms with E-state index in [0.29, 0.717) is 5.91 Å². The predicted octanol–water partition coefficient (Wildman–Crippen LogP) is 3.01. The van der Waals surface area contributed by atoms with Gasteiger partial charge in [-0.3, -0.25) is 9.69 Å². The van der Waals surface area contributed by atoms with E-state index in [1.54, 1.807) is 6.07 Å². The van der Waals surface area contributed by atoms with Crippen LogP contribution in [0.15, 0.2) is 12.1 Å². The van der Waals surface area contributed by atoms with Crippen molar-refractivity contribution in [1.29, 1.82) is 0 Å². The summed E-state index contributed by atoms with van der Waals surface area (Å²) in [5.41, 5.74) is 2.97. The van der Waals surface area contributed by atoms with E-state index in [1.165, 1.54) is 18.9 Å². The molecule has 2 aliphatic rings. The maximum Gasteiger partial charge on any atom is 0.225 e. The summed E-state index contributed by atoms with van der Waals surface area (Å²) in [5, 5.41) is 3.06. The quantitative estimate of drug-likeness (QED) is 0.920. The summed E-state index contributed by atoms with van der Waals surface area (Å²) in [6.07, 6.45) is 4.52. The molecule has 2 fully saturated rings. The zero-order valence-electron chi connectivity index (χ0n) is 14.8. The van der Waals surface area contributed by atoms with Crippen molar-refractivity contribution in [1.82, 2.24) is 9.80 Å². The largest absolute Gasteiger partial charge is 0.388 e. The Labute approximate surface area is 144 Å². The van der Waals surface area contributed by atoms with Gasteiger partial charge < -0.3 is 10.2 Å². The molecular formula is C19H28FN3O. The first kappa shape index (κ1) is 17.2. The molecule has 0 spiro atoms. The van der Waals surface area contributed by atoms with Crippen LogP contribution in [0.25, 0.3) is 0 Å². The van der Waals surface area contributed by atoms with Gasteiger partial charge in [-0.2, -0.15) is 0 Å². The second-order valence-corrected chi connectivity index (χ2v) is 7.07. The lowest BCUT2D eigenvalue weighted by molar-refractivity contribution is -0.137. The molecule has 1 aromatic carbocycles. The number of piperazine rings is 1. The SMILES string of the molecule is CNc1cc(F)cc(CN2CCN(C(=O)C3CCCC3)CC2)c1C. The molecule has 5 heteroatoms. The van der Waals surface area contributed by atoms with Crippen LogP contribution in [0.1, 0.15) is 36.8 Å². The average molecular weight is 333 g/mol. The molecule has 1 saturated heterocycles. The molecule has 1 heterocycles. The number of carbonyl (C=O) groups excluding carboxylic acids is 1. The predicted molar refractivity (Wildman–Crippen MR) is 94.5 cm³/mol. The summed E-state index contributed by atoms with van der Waals surface area (Å²) < 4.78 is 13.8. The molecule has 1 aliphatic heterocycles. The number of benzene rings is 1. The highest BCUT2D eigenvalue weighted by atomic mass is 19.1. The number of rotatable bonds is 4. The second kappa shape index (κ2) is 7.51. The fourth-order valence-corrected chi connectivity index (χ4v) is 3.96. The molecule has 24 heavy (non-hydrogen) atoms. The normalized spacial score (nSPS) is 19.7. The third-order valence-electron chi connectivity index (χ3n) is 5.53. The topological polar surface area (TPSA) is 35.6 Å². The van der Waals surface area contributed by atoms with Crippen molar-refractivity contribution in [2.75, 3.05) is 38.5 Å². The van der Waals surface area contributed by atoms with Crippen LogP contribution in [0.4, 0.5) is 10.1 Å². The maximum atomic E-state index is 13.8. The highest BCUT2D eigenvalue weighted by Crippen LogP contribution is 2.27. The molecule has 0 bridgehead atoms. The zero-order valence-corrected chi connectivity index (χ0v) is 14.8. The van der Waals surface area contributed by atoms with Crippen LogP contribution in [0.5, 0.6) is 0 Å². The van der Waals surface area contributed by atoms with Crippen LogP contribution in [0.2, 0.25) is 0 Å². The Morgan fingerprint density at radius 1 is 1.21 bits per heavy atom. The Morgan fingerprint density at radius 2 is 1.88 bits per heavy atom. The highest BCUT2D eigenvalue weighted by Gasteiger charge is 2.29. The minimum Gasteiger partial charge on any atom is -0.388 e. The van der Waals surface area contributed by atoms with Gasteiger partial charge in [0.15, 0.2) is 0 Å². The zero-order chi connectivity index (χ0) is 17.1. The van der Waals surface area contributed by atoms with Gasteiger partial charge in [0.05, 0.1) is 0 Å². The van der Waals surface area contributed by atoms with Crippen LogP contribution >= 0.6 is 0 Å². The molecule has 1 saturated carbocycles. The molecule has 1 aromatic rings.